The summed E-state index contributed by atoms with van der Waals surface area (Å²) < 4.78 is 74.9. The molecule has 168 valence electrons. The molecule has 1 aliphatic heterocycles. The van der Waals surface area contributed by atoms with Gasteiger partial charge in [-0.05, 0) is 0 Å². The van der Waals surface area contributed by atoms with Crippen LogP contribution in [0, 0.1) is 6.92 Å². The average Bonchev–Trinajstić information content (AvgIpc) is 2.77. The molecule has 0 spiro atoms. The van der Waals surface area contributed by atoms with E-state index in [9.17, 15) is 21.6 Å². The van der Waals surface area contributed by atoms with Gasteiger partial charge in [0, 0.05) is 0 Å². The van der Waals surface area contributed by atoms with Crippen molar-refractivity contribution in [3.05, 3.63) is 83.4 Å². The van der Waals surface area contributed by atoms with Gasteiger partial charge < -0.3 is 0 Å². The molecule has 1 aliphatic rings. The second kappa shape index (κ2) is 8.46. The number of hydrogen-bond donors (Lipinski definition) is 0. The Morgan fingerprint density at radius 1 is 1.00 bits per heavy atom. The SMILES string of the molecule is COc1ccc(C2C[Se]c3ccc(C(F)(F)F)cc3N2S(=O)(=O)c2ccc(C)cc2)cc1. The number of hydrogen-bond acceptors (Lipinski definition) is 3. The summed E-state index contributed by atoms with van der Waals surface area (Å²) in [6, 6.07) is 16.1. The fourth-order valence-corrected chi connectivity index (χ4v) is 7.97. The first-order valence-electron chi connectivity index (χ1n) is 9.70. The van der Waals surface area contributed by atoms with Crippen LogP contribution < -0.4 is 13.5 Å². The van der Waals surface area contributed by atoms with Gasteiger partial charge in [-0.2, -0.15) is 0 Å². The number of rotatable bonds is 4. The van der Waals surface area contributed by atoms with Gasteiger partial charge in [-0.15, -0.1) is 0 Å². The number of fused-ring (bicyclic) bond motifs is 1. The van der Waals surface area contributed by atoms with Crippen molar-refractivity contribution in [1.29, 1.82) is 0 Å². The van der Waals surface area contributed by atoms with Crippen LogP contribution >= 0.6 is 0 Å². The molecule has 0 bridgehead atoms. The number of alkyl halides is 3. The van der Waals surface area contributed by atoms with Crippen LogP contribution in [-0.4, -0.2) is 30.5 Å². The van der Waals surface area contributed by atoms with E-state index in [-0.39, 0.29) is 25.5 Å². The van der Waals surface area contributed by atoms with E-state index in [2.05, 4.69) is 0 Å². The predicted octanol–water partition coefficient (Wildman–Crippen LogP) is 4.72. The van der Waals surface area contributed by atoms with E-state index in [4.69, 9.17) is 4.74 Å². The van der Waals surface area contributed by atoms with E-state index < -0.39 is 27.8 Å². The molecule has 4 nitrogen and oxygen atoms in total. The van der Waals surface area contributed by atoms with Gasteiger partial charge in [0.2, 0.25) is 0 Å². The first-order chi connectivity index (χ1) is 15.1. The Bertz CT molecular complexity index is 1230. The average molecular weight is 526 g/mol. The van der Waals surface area contributed by atoms with E-state index in [0.717, 1.165) is 22.0 Å². The number of nitrogens with zero attached hydrogens (tertiary/aromatic N) is 1. The minimum absolute atomic E-state index is 0.0411. The molecule has 1 heterocycles. The Labute approximate surface area is 191 Å². The van der Waals surface area contributed by atoms with E-state index in [1.54, 1.807) is 36.4 Å². The number of ether oxygens (including phenoxy) is 1. The van der Waals surface area contributed by atoms with Crippen molar-refractivity contribution in [1.82, 2.24) is 0 Å². The van der Waals surface area contributed by atoms with Gasteiger partial charge in [-0.25, -0.2) is 0 Å². The van der Waals surface area contributed by atoms with Crippen LogP contribution in [0.15, 0.2) is 71.6 Å². The zero-order valence-electron chi connectivity index (χ0n) is 17.3. The van der Waals surface area contributed by atoms with Gasteiger partial charge in [0.05, 0.1) is 0 Å². The molecule has 32 heavy (non-hydrogen) atoms. The summed E-state index contributed by atoms with van der Waals surface area (Å²) in [5.74, 6) is 0.614. The Kier molecular flexibility index (Phi) is 6.00. The van der Waals surface area contributed by atoms with Gasteiger partial charge in [0.15, 0.2) is 0 Å². The normalized spacial score (nSPS) is 16.5. The molecule has 0 saturated heterocycles. The van der Waals surface area contributed by atoms with E-state index in [0.29, 0.717) is 21.1 Å². The summed E-state index contributed by atoms with van der Waals surface area (Å²) in [6.07, 6.45) is -4.58. The summed E-state index contributed by atoms with van der Waals surface area (Å²) >= 11 is -0.191. The van der Waals surface area contributed by atoms with Crippen molar-refractivity contribution in [3.8, 4) is 5.75 Å². The molecule has 0 amide bonds. The van der Waals surface area contributed by atoms with E-state index >= 15 is 0 Å². The Hall–Kier alpha value is -2.48. The summed E-state index contributed by atoms with van der Waals surface area (Å²) in [5, 5.41) is 0.503. The van der Waals surface area contributed by atoms with Crippen LogP contribution in [0.3, 0.4) is 0 Å². The summed E-state index contributed by atoms with van der Waals surface area (Å²) in [6.45, 7) is 1.84. The van der Waals surface area contributed by atoms with Crippen molar-refractivity contribution < 1.29 is 26.3 Å². The molecule has 0 aliphatic carbocycles. The molecule has 1 unspecified atom stereocenters. The number of aryl methyl sites for hydroxylation is 1. The quantitative estimate of drug-likeness (QED) is 0.463. The third-order valence-corrected chi connectivity index (χ3v) is 9.51. The van der Waals surface area contributed by atoms with Crippen LogP contribution in [0.25, 0.3) is 0 Å². The summed E-state index contributed by atoms with van der Waals surface area (Å²) in [4.78, 5) is 0.0411. The molecule has 0 N–H and O–H groups in total. The van der Waals surface area contributed by atoms with Crippen LogP contribution in [-0.2, 0) is 16.2 Å². The zero-order chi connectivity index (χ0) is 23.1. The molecule has 4 rings (SSSR count). The van der Waals surface area contributed by atoms with Crippen LogP contribution in [0.1, 0.15) is 22.7 Å². The molecule has 0 aromatic heterocycles. The second-order valence-corrected chi connectivity index (χ2v) is 11.4. The Balaban J connectivity index is 1.91. The molecule has 3 aromatic carbocycles. The third-order valence-electron chi connectivity index (χ3n) is 5.28. The fraction of sp³-hybridized carbons (Fsp3) is 0.217. The molecular weight excluding hydrogens is 506 g/mol. The molecule has 0 saturated carbocycles. The maximum absolute atomic E-state index is 13.8. The molecular formula is C23H20F3NO3SSe. The summed E-state index contributed by atoms with van der Waals surface area (Å²) in [5.41, 5.74) is 0.808. The van der Waals surface area contributed by atoms with Gasteiger partial charge in [0.25, 0.3) is 0 Å². The Morgan fingerprint density at radius 3 is 2.25 bits per heavy atom. The maximum atomic E-state index is 13.8. The topological polar surface area (TPSA) is 46.6 Å². The predicted molar refractivity (Wildman–Crippen MR) is 118 cm³/mol. The van der Waals surface area contributed by atoms with Gasteiger partial charge >= 0.3 is 191 Å². The van der Waals surface area contributed by atoms with E-state index in [1.165, 1.54) is 25.3 Å². The van der Waals surface area contributed by atoms with Gasteiger partial charge in [-0.1, -0.05) is 0 Å². The van der Waals surface area contributed by atoms with Crippen molar-refractivity contribution in [2.45, 2.75) is 29.4 Å². The molecule has 0 radical (unpaired) electrons. The summed E-state index contributed by atoms with van der Waals surface area (Å²) in [7, 11) is -2.59. The fourth-order valence-electron chi connectivity index (χ4n) is 3.57. The third kappa shape index (κ3) is 4.25. The standard InChI is InChI=1S/C23H20F3NO3SSe/c1-15-3-10-19(11-4-15)31(28,29)27-20-13-17(23(24,25)26)7-12-22(20)32-14-21(27)16-5-8-18(30-2)9-6-16/h3-13,21H,14H2,1-2H3. The van der Waals surface area contributed by atoms with Crippen molar-refractivity contribution in [3.63, 3.8) is 0 Å². The number of sulfonamides is 1. The molecule has 9 heteroatoms. The molecule has 3 aromatic rings. The van der Waals surface area contributed by atoms with Crippen molar-refractivity contribution >= 4 is 35.1 Å². The van der Waals surface area contributed by atoms with E-state index in [1.807, 2.05) is 6.92 Å². The van der Waals surface area contributed by atoms with Gasteiger partial charge in [0.1, 0.15) is 0 Å². The van der Waals surface area contributed by atoms with Gasteiger partial charge in [-0.3, -0.25) is 0 Å². The van der Waals surface area contributed by atoms with Crippen LogP contribution in [0.2, 0.25) is 5.32 Å². The van der Waals surface area contributed by atoms with Crippen molar-refractivity contribution in [2.75, 3.05) is 11.4 Å². The molecule has 1 atom stereocenters. The minimum atomic E-state index is -4.58. The van der Waals surface area contributed by atoms with Crippen molar-refractivity contribution in [2.24, 2.45) is 0 Å². The first kappa shape index (κ1) is 22.7. The zero-order valence-corrected chi connectivity index (χ0v) is 19.8. The number of halogens is 3. The second-order valence-electron chi connectivity index (χ2n) is 7.39. The number of anilines is 1. The Morgan fingerprint density at radius 2 is 1.66 bits per heavy atom. The molecule has 0 fully saturated rings. The number of methoxy groups -OCH3 is 1. The monoisotopic (exact) mass is 527 g/mol. The van der Waals surface area contributed by atoms with Crippen LogP contribution in [0.4, 0.5) is 18.9 Å². The van der Waals surface area contributed by atoms with Crippen LogP contribution in [0.5, 0.6) is 5.75 Å². The number of benzene rings is 3. The first-order valence-corrected chi connectivity index (χ1v) is 13.2.